The molecular weight excluding hydrogens is 1850 g/mol. The Morgan fingerprint density at radius 3 is 1.64 bits per heavy atom. The Morgan fingerprint density at radius 2 is 1.01 bits per heavy atom. The van der Waals surface area contributed by atoms with Gasteiger partial charge in [-0.1, -0.05) is 151 Å². The van der Waals surface area contributed by atoms with Gasteiger partial charge in [-0.3, -0.25) is 22.8 Å². The molecule has 33 nitrogen and oxygen atoms in total. The monoisotopic (exact) mass is 1930 g/mol. The van der Waals surface area contributed by atoms with Crippen LogP contribution in [0, 0.1) is 58.8 Å². The number of rotatable bonds is 9. The van der Waals surface area contributed by atoms with Crippen molar-refractivity contribution < 1.29 is 23.0 Å². The molecule has 1 atom stereocenters. The van der Waals surface area contributed by atoms with Crippen LogP contribution < -0.4 is 0 Å². The summed E-state index contributed by atoms with van der Waals surface area (Å²) in [5.74, 6) is 5.80. The van der Waals surface area contributed by atoms with Crippen molar-refractivity contribution in [3.8, 4) is 98.1 Å². The smallest absolute Gasteiger partial charge is 0.358 e. The van der Waals surface area contributed by atoms with Crippen molar-refractivity contribution in [3.05, 3.63) is 396 Å². The number of aromatic nitrogens is 29. The summed E-state index contributed by atoms with van der Waals surface area (Å²) in [4.78, 5) is 43.8. The van der Waals surface area contributed by atoms with Gasteiger partial charge >= 0.3 is 5.97 Å². The molecule has 20 aromatic rings. The summed E-state index contributed by atoms with van der Waals surface area (Å²) in [5.41, 5.74) is 32.7. The molecule has 0 radical (unpaired) electrons. The Bertz CT molecular complexity index is 8390. The molecular formula is C103H82Cl2F2N30O3S. The van der Waals surface area contributed by atoms with E-state index in [9.17, 15) is 13.6 Å². The number of para-hydroxylation sites is 3. The zero-order valence-electron chi connectivity index (χ0n) is 76.6. The number of hydrogen-bond acceptors (Lipinski definition) is 22. The van der Waals surface area contributed by atoms with Crippen molar-refractivity contribution in [2.24, 2.45) is 4.99 Å². The molecule has 0 spiro atoms. The van der Waals surface area contributed by atoms with Crippen molar-refractivity contribution in [2.75, 3.05) is 13.2 Å². The van der Waals surface area contributed by atoms with Crippen molar-refractivity contribution >= 4 is 48.6 Å². The van der Waals surface area contributed by atoms with Gasteiger partial charge in [0.05, 0.1) is 169 Å². The Balaban J connectivity index is 0.000000105. The molecule has 6 aliphatic rings. The first-order chi connectivity index (χ1) is 68.2. The minimum Gasteiger partial charge on any atom is -0.466 e. The zero-order valence-corrected chi connectivity index (χ0v) is 79.1. The highest BCUT2D eigenvalue weighted by Crippen LogP contribution is 2.40. The van der Waals surface area contributed by atoms with Gasteiger partial charge in [0.15, 0.2) is 5.69 Å². The number of pyridine rings is 1. The number of hydrogen-bond donors (Lipinski definition) is 0. The molecule has 696 valence electrons. The number of aliphatic imine (C=N–C) groups is 1. The number of terminal acetylenes is 1. The normalized spacial score (nSPS) is 13.0. The second-order valence-corrected chi connectivity index (χ2v) is 35.0. The summed E-state index contributed by atoms with van der Waals surface area (Å²) in [6, 6.07) is 61.1. The summed E-state index contributed by atoms with van der Waals surface area (Å²) < 4.78 is 59.3. The van der Waals surface area contributed by atoms with E-state index >= 15 is 0 Å². The fourth-order valence-electron chi connectivity index (χ4n) is 17.9. The largest absolute Gasteiger partial charge is 0.466 e. The van der Waals surface area contributed by atoms with Crippen LogP contribution in [0.3, 0.4) is 0 Å². The third-order valence-electron chi connectivity index (χ3n) is 25.0. The lowest BCUT2D eigenvalue weighted by Crippen LogP contribution is -2.11. The van der Waals surface area contributed by atoms with E-state index in [0.717, 1.165) is 172 Å². The molecule has 0 aliphatic carbocycles. The molecule has 0 unspecified atom stereocenters. The maximum Gasteiger partial charge on any atom is 0.358 e. The van der Waals surface area contributed by atoms with E-state index in [1.807, 2.05) is 167 Å². The van der Waals surface area contributed by atoms with Gasteiger partial charge in [-0.2, -0.15) is 13.5 Å². The third kappa shape index (κ3) is 17.0. The first kappa shape index (κ1) is 90.1. The van der Waals surface area contributed by atoms with Crippen LogP contribution >= 0.6 is 36.7 Å². The minimum absolute atomic E-state index is 0. The lowest BCUT2D eigenvalue weighted by molar-refractivity contribution is 0.0171. The predicted octanol–water partition coefficient (Wildman–Crippen LogP) is 16.2. The number of benzene rings is 8. The van der Waals surface area contributed by atoms with Crippen molar-refractivity contribution in [2.45, 2.75) is 99.0 Å². The molecule has 6 aliphatic heterocycles. The number of alkyl halides is 2. The topological polar surface area (TPSA) is 334 Å². The standard InChI is InChI=1S/C24H23N5O2.C22H17ClN6O.C21H13ClF2N6.C21H16N8.C15H11N5.H2S/c1-4-31-24(30)23-22-13-20-18(12-17-8-6-5-7-16(17)3)26-27-29(20)21-11-15(2)9-10-19(21)28(22)14-25-23;1-13-2-4-14(5-3-13)20-11-24-22(30-20)21-19-9-16-10-26-27-29(16)18-8-15(23)6-7-17(18)28(19)12-25-21;1-21(23,24)13-2-4-15(25-10-13)5-6-17-19-9-16-11-27-28-30(16)20-8-14(22)3-7-18(20)29(19)12-26-17;1-14-7-8-18-19(9-14)29-16(11-23-25-29)10-20-21(22-13-27(18)20)17-12-28(26-24-17)15-5-3-2-4-6-15;1-3-11-15-8-14-10(2)17-18-20(14)13-7-5-4-6-12(13)19(15)9-16-11;/h5-11,14H,4,12-13H2,1-3H3;2-8,10,12,20H,9,11H2,1H3;2-4,7-8,10-12H,9H2,1H3;2-9,11-13H,10H2,1H3;1,4-7,9H,8H2,2H3;1H2/t;20-;;;;/m.1..../s1. The lowest BCUT2D eigenvalue weighted by atomic mass is 10.0. The summed E-state index contributed by atoms with van der Waals surface area (Å²) >= 11 is 12.4. The van der Waals surface area contributed by atoms with Crippen LogP contribution in [-0.2, 0) is 53.9 Å². The fraction of sp³-hybridized carbons (Fsp3) is 0.165. The molecule has 18 heterocycles. The highest BCUT2D eigenvalue weighted by molar-refractivity contribution is 7.59. The number of halogens is 4. The first-order valence-electron chi connectivity index (χ1n) is 44.8. The van der Waals surface area contributed by atoms with Gasteiger partial charge in [0.1, 0.15) is 71.9 Å². The Hall–Kier alpha value is -17.4. The predicted molar refractivity (Wildman–Crippen MR) is 525 cm³/mol. The molecule has 26 rings (SSSR count). The molecule has 0 fully saturated rings. The highest BCUT2D eigenvalue weighted by Gasteiger charge is 2.35. The van der Waals surface area contributed by atoms with Crippen LogP contribution in [-0.4, -0.2) is 168 Å². The van der Waals surface area contributed by atoms with Crippen LogP contribution in [0.15, 0.2) is 256 Å². The van der Waals surface area contributed by atoms with Crippen molar-refractivity contribution in [1.29, 1.82) is 0 Å². The van der Waals surface area contributed by atoms with Gasteiger partial charge < -0.3 is 9.47 Å². The van der Waals surface area contributed by atoms with Gasteiger partial charge in [-0.25, -0.2) is 76.6 Å². The number of fused-ring (bicyclic) bond motifs is 25. The van der Waals surface area contributed by atoms with Gasteiger partial charge in [0.2, 0.25) is 5.90 Å². The number of esters is 1. The number of carbonyl (C=O) groups is 1. The van der Waals surface area contributed by atoms with Gasteiger partial charge in [-0.15, -0.1) is 37.0 Å². The number of carbonyl (C=O) groups excluding carboxylic acids is 1. The van der Waals surface area contributed by atoms with Crippen molar-refractivity contribution in [1.82, 2.24) is 143 Å². The van der Waals surface area contributed by atoms with E-state index < -0.39 is 11.9 Å². The first-order valence-corrected chi connectivity index (χ1v) is 45.5. The second-order valence-electron chi connectivity index (χ2n) is 34.1. The highest BCUT2D eigenvalue weighted by atomic mass is 35.5. The summed E-state index contributed by atoms with van der Waals surface area (Å²) in [7, 11) is 0. The maximum absolute atomic E-state index is 13.4. The quantitative estimate of drug-likeness (QED) is 0.0957. The van der Waals surface area contributed by atoms with E-state index in [-0.39, 0.29) is 25.2 Å². The minimum atomic E-state index is -2.94. The average molecular weight is 1930 g/mol. The van der Waals surface area contributed by atoms with Crippen LogP contribution in [0.5, 0.6) is 0 Å². The van der Waals surface area contributed by atoms with E-state index in [1.54, 1.807) is 59.9 Å². The van der Waals surface area contributed by atoms with E-state index in [0.29, 0.717) is 90.4 Å². The van der Waals surface area contributed by atoms with Crippen LogP contribution in [0.2, 0.25) is 10.0 Å². The Morgan fingerprint density at radius 1 is 0.482 bits per heavy atom. The maximum atomic E-state index is 13.4. The van der Waals surface area contributed by atoms with Crippen LogP contribution in [0.4, 0.5) is 8.78 Å². The lowest BCUT2D eigenvalue weighted by Gasteiger charge is -2.12. The third-order valence-corrected chi connectivity index (χ3v) is 25.5. The van der Waals surface area contributed by atoms with Crippen LogP contribution in [0.1, 0.15) is 160 Å². The second kappa shape index (κ2) is 37.3. The number of ether oxygens (including phenoxy) is 2. The SMILES string of the molecule is C#Cc1ncn2c1Cc1c(C)nnn1-c1ccccc1-2.CC(F)(F)c1ccc(C#Cc2ncn3c2Cc2cnnn2-c2cc(Cl)ccc2-3)nc1.CCOC(=O)c1ncn2c1Cc1c(Cc3ccccc3C)nnn1-c1cc(C)ccc1-2.Cc1ccc([C@H]2CN=C(c3ncn4c3Cc3cnnn3-c3cc(Cl)ccc3-4)O2)cc1.Cc1ccc2c(c1)-n1nncc1Cc1c(-c3cn(-c4ccccc4)nn3)ncn1-2.S. The van der Waals surface area contributed by atoms with E-state index in [2.05, 4.69) is 207 Å². The van der Waals surface area contributed by atoms with E-state index in [4.69, 9.17) is 44.1 Å². The van der Waals surface area contributed by atoms with Crippen molar-refractivity contribution in [3.63, 3.8) is 0 Å². The van der Waals surface area contributed by atoms with E-state index in [1.165, 1.54) is 34.4 Å². The molecule has 0 saturated carbocycles. The van der Waals surface area contributed by atoms with Gasteiger partial charge in [-0.05, 0) is 184 Å². The molecule has 0 saturated heterocycles. The summed E-state index contributed by atoms with van der Waals surface area (Å²) in [6.07, 6.45) is 26.2. The number of imidazole rings is 5. The molecule has 8 aromatic carbocycles. The average Bonchev–Trinajstić information content (AvgIpc) is 1.48. The molecule has 0 amide bonds. The zero-order chi connectivity index (χ0) is 95.7. The Labute approximate surface area is 820 Å². The number of aryl methyl sites for hydroxylation is 5. The number of nitrogens with zero attached hydrogens (tertiary/aromatic N) is 30. The van der Waals surface area contributed by atoms with Gasteiger partial charge in [0, 0.05) is 67.3 Å². The Kier molecular flexibility index (Phi) is 23.8. The van der Waals surface area contributed by atoms with Crippen LogP contribution in [0.25, 0.3) is 73.9 Å². The summed E-state index contributed by atoms with van der Waals surface area (Å²) in [6.45, 7) is 13.8. The van der Waals surface area contributed by atoms with Gasteiger partial charge in [0.25, 0.3) is 5.92 Å². The molecule has 38 heteroatoms. The molecule has 141 heavy (non-hydrogen) atoms. The fourth-order valence-corrected chi connectivity index (χ4v) is 18.2. The molecule has 0 bridgehead atoms. The molecule has 12 aromatic heterocycles. The summed E-state index contributed by atoms with van der Waals surface area (Å²) in [5, 5.41) is 52.4. The molecule has 0 N–H and O–H groups in total.